The van der Waals surface area contributed by atoms with Gasteiger partial charge in [-0.3, -0.25) is 14.4 Å². The van der Waals surface area contributed by atoms with Gasteiger partial charge >= 0.3 is 12.6 Å². The van der Waals surface area contributed by atoms with E-state index in [1.165, 1.54) is 24.1 Å². The first-order valence-corrected chi connectivity index (χ1v) is 8.28. The molecule has 1 aromatic carbocycles. The molecule has 0 spiro atoms. The number of rotatable bonds is 7. The lowest BCUT2D eigenvalue weighted by Gasteiger charge is -2.28. The summed E-state index contributed by atoms with van der Waals surface area (Å²) in [6.07, 6.45) is 0. The Balaban J connectivity index is 2.26. The van der Waals surface area contributed by atoms with Gasteiger partial charge in [-0.25, -0.2) is 4.79 Å². The van der Waals surface area contributed by atoms with Crippen molar-refractivity contribution in [2.24, 2.45) is 5.73 Å². The van der Waals surface area contributed by atoms with Gasteiger partial charge in [0.25, 0.3) is 11.8 Å². The number of nitrogens with one attached hydrogen (secondary N) is 3. The highest BCUT2D eigenvalue weighted by Crippen LogP contribution is 2.33. The van der Waals surface area contributed by atoms with Crippen LogP contribution in [-0.2, 0) is 19.1 Å². The number of urea groups is 1. The van der Waals surface area contributed by atoms with Crippen molar-refractivity contribution in [1.82, 2.24) is 10.6 Å². The summed E-state index contributed by atoms with van der Waals surface area (Å²) in [7, 11) is 1.27. The number of benzene rings is 1. The number of morpholine rings is 1. The van der Waals surface area contributed by atoms with Crippen LogP contribution in [0.2, 0.25) is 0 Å². The molecule has 13 heteroatoms. The zero-order valence-corrected chi connectivity index (χ0v) is 15.2. The smallest absolute Gasteiger partial charge is 0.387 e. The lowest BCUT2D eigenvalue weighted by Crippen LogP contribution is -2.53. The highest BCUT2D eigenvalue weighted by Gasteiger charge is 2.28. The van der Waals surface area contributed by atoms with Crippen LogP contribution in [0.25, 0.3) is 0 Å². The first-order chi connectivity index (χ1) is 13.7. The number of hydrogen-bond acceptors (Lipinski definition) is 6. The predicted molar refractivity (Wildman–Crippen MR) is 95.4 cm³/mol. The van der Waals surface area contributed by atoms with Gasteiger partial charge < -0.3 is 36.1 Å². The summed E-state index contributed by atoms with van der Waals surface area (Å²) in [6.45, 7) is -3.06. The van der Waals surface area contributed by atoms with Gasteiger partial charge in [-0.1, -0.05) is 0 Å². The van der Waals surface area contributed by atoms with Crippen molar-refractivity contribution in [3.8, 4) is 5.75 Å². The molecule has 11 nitrogen and oxygen atoms in total. The number of alkyl halides is 2. The topological polar surface area (TPSA) is 152 Å². The molecule has 1 heterocycles. The number of nitrogens with two attached hydrogens (primary N) is 1. The molecule has 0 radical (unpaired) electrons. The molecule has 1 aliphatic heterocycles. The van der Waals surface area contributed by atoms with Crippen molar-refractivity contribution in [1.29, 1.82) is 0 Å². The second-order valence-corrected chi connectivity index (χ2v) is 5.71. The summed E-state index contributed by atoms with van der Waals surface area (Å²) >= 11 is 0. The Morgan fingerprint density at radius 3 is 2.62 bits per heavy atom. The second kappa shape index (κ2) is 9.64. The van der Waals surface area contributed by atoms with Crippen molar-refractivity contribution in [3.63, 3.8) is 0 Å². The van der Waals surface area contributed by atoms with Crippen LogP contribution < -0.4 is 31.3 Å². The van der Waals surface area contributed by atoms with E-state index < -0.39 is 36.4 Å². The molecule has 1 aliphatic rings. The van der Waals surface area contributed by atoms with Gasteiger partial charge in [-0.05, 0) is 12.1 Å². The summed E-state index contributed by atoms with van der Waals surface area (Å²) in [4.78, 5) is 48.2. The fourth-order valence-electron chi connectivity index (χ4n) is 2.46. The van der Waals surface area contributed by atoms with E-state index in [1.807, 2.05) is 5.32 Å². The van der Waals surface area contributed by atoms with Crippen LogP contribution in [0, 0.1) is 0 Å². The monoisotopic (exact) mass is 415 g/mol. The molecule has 0 bridgehead atoms. The van der Waals surface area contributed by atoms with E-state index in [4.69, 9.17) is 10.5 Å². The van der Waals surface area contributed by atoms with E-state index in [0.717, 1.165) is 6.07 Å². The number of nitrogens with zero attached hydrogens (tertiary/aromatic N) is 1. The van der Waals surface area contributed by atoms with Gasteiger partial charge in [-0.15, -0.1) is 0 Å². The molecule has 1 saturated heterocycles. The number of hydrogen-bond donors (Lipinski definition) is 4. The van der Waals surface area contributed by atoms with Crippen molar-refractivity contribution >= 4 is 35.1 Å². The third-order valence-corrected chi connectivity index (χ3v) is 3.77. The number of carbonyl (C=O) groups excluding carboxylic acids is 4. The van der Waals surface area contributed by atoms with Gasteiger partial charge in [0.15, 0.2) is 11.8 Å². The summed E-state index contributed by atoms with van der Waals surface area (Å²) in [5.41, 5.74) is 5.14. The SMILES string of the molecule is CNC(=O)N[C@@H](C(N)=O)C(=O)Nc1ccc(N2CCOCC2=O)c(OC(F)F)c1. The minimum atomic E-state index is -3.19. The molecule has 0 unspecified atom stereocenters. The van der Waals surface area contributed by atoms with E-state index in [0.29, 0.717) is 0 Å². The van der Waals surface area contributed by atoms with Crippen LogP contribution in [0.15, 0.2) is 18.2 Å². The maximum Gasteiger partial charge on any atom is 0.387 e. The molecule has 0 aliphatic carbocycles. The maximum absolute atomic E-state index is 12.8. The summed E-state index contributed by atoms with van der Waals surface area (Å²) in [6, 6.07) is 1.12. The van der Waals surface area contributed by atoms with Gasteiger partial charge in [0.05, 0.1) is 12.3 Å². The fourth-order valence-corrected chi connectivity index (χ4v) is 2.46. The van der Waals surface area contributed by atoms with E-state index in [-0.39, 0.29) is 36.9 Å². The highest BCUT2D eigenvalue weighted by atomic mass is 19.3. The van der Waals surface area contributed by atoms with Crippen LogP contribution in [0.1, 0.15) is 0 Å². The first kappa shape index (κ1) is 21.8. The van der Waals surface area contributed by atoms with E-state index >= 15 is 0 Å². The Morgan fingerprint density at radius 1 is 1.31 bits per heavy atom. The molecule has 5 N–H and O–H groups in total. The van der Waals surface area contributed by atoms with Gasteiger partial charge in [-0.2, -0.15) is 8.78 Å². The normalized spacial score (nSPS) is 14.9. The molecule has 0 saturated carbocycles. The van der Waals surface area contributed by atoms with Crippen LogP contribution in [-0.4, -0.2) is 63.2 Å². The molecule has 1 aromatic rings. The average Bonchev–Trinajstić information content (AvgIpc) is 2.66. The summed E-state index contributed by atoms with van der Waals surface area (Å²) in [5.74, 6) is -2.95. The highest BCUT2D eigenvalue weighted by molar-refractivity contribution is 6.11. The molecular weight excluding hydrogens is 396 g/mol. The lowest BCUT2D eigenvalue weighted by atomic mass is 10.2. The number of anilines is 2. The Labute approximate surface area is 163 Å². The predicted octanol–water partition coefficient (Wildman–Crippen LogP) is -0.627. The van der Waals surface area contributed by atoms with Gasteiger partial charge in [0.2, 0.25) is 5.91 Å². The minimum Gasteiger partial charge on any atom is -0.433 e. The first-order valence-electron chi connectivity index (χ1n) is 8.28. The molecule has 5 amide bonds. The maximum atomic E-state index is 12.8. The number of primary amides is 1. The number of amides is 5. The Hall–Kier alpha value is -3.48. The summed E-state index contributed by atoms with van der Waals surface area (Å²) in [5, 5.41) is 6.48. The molecular formula is C16H19F2N5O6. The van der Waals surface area contributed by atoms with E-state index in [9.17, 15) is 28.0 Å². The van der Waals surface area contributed by atoms with Crippen molar-refractivity contribution in [2.75, 3.05) is 37.0 Å². The number of carbonyl (C=O) groups is 4. The number of halogens is 2. The molecule has 2 rings (SSSR count). The molecule has 0 aromatic heterocycles. The van der Waals surface area contributed by atoms with E-state index in [2.05, 4.69) is 15.4 Å². The van der Waals surface area contributed by atoms with Crippen LogP contribution in [0.4, 0.5) is 25.0 Å². The minimum absolute atomic E-state index is 0.0277. The fraction of sp³-hybridized carbons (Fsp3) is 0.375. The number of ether oxygens (including phenoxy) is 2. The Morgan fingerprint density at radius 2 is 2.03 bits per heavy atom. The van der Waals surface area contributed by atoms with Gasteiger partial charge in [0.1, 0.15) is 6.61 Å². The van der Waals surface area contributed by atoms with Crippen molar-refractivity contribution in [3.05, 3.63) is 18.2 Å². The van der Waals surface area contributed by atoms with Crippen LogP contribution in [0.3, 0.4) is 0 Å². The van der Waals surface area contributed by atoms with Crippen LogP contribution >= 0.6 is 0 Å². The largest absolute Gasteiger partial charge is 0.433 e. The molecule has 29 heavy (non-hydrogen) atoms. The lowest BCUT2D eigenvalue weighted by molar-refractivity contribution is -0.128. The molecule has 1 atom stereocenters. The van der Waals surface area contributed by atoms with E-state index in [1.54, 1.807) is 0 Å². The second-order valence-electron chi connectivity index (χ2n) is 5.71. The third-order valence-electron chi connectivity index (χ3n) is 3.77. The Kier molecular flexibility index (Phi) is 7.25. The van der Waals surface area contributed by atoms with Gasteiger partial charge in [0, 0.05) is 25.3 Å². The van der Waals surface area contributed by atoms with Crippen molar-refractivity contribution in [2.45, 2.75) is 12.7 Å². The zero-order valence-electron chi connectivity index (χ0n) is 15.2. The average molecular weight is 415 g/mol. The third kappa shape index (κ3) is 5.75. The Bertz CT molecular complexity index is 806. The van der Waals surface area contributed by atoms with Crippen molar-refractivity contribution < 1.29 is 37.4 Å². The molecule has 158 valence electrons. The standard InChI is InChI=1S/C16H19F2N5O6/c1-20-16(27)22-12(13(19)25)14(26)21-8-2-3-9(10(6-8)29-15(17)18)23-4-5-28-7-11(23)24/h2-3,6,12,15H,4-5,7H2,1H3,(H2,19,25)(H,21,26)(H2,20,22,27)/t12-/m0/s1. The van der Waals surface area contributed by atoms with Crippen LogP contribution in [0.5, 0.6) is 5.75 Å². The zero-order chi connectivity index (χ0) is 21.6. The molecule has 1 fully saturated rings. The quantitative estimate of drug-likeness (QED) is 0.435. The summed E-state index contributed by atoms with van der Waals surface area (Å²) < 4.78 is 35.1.